The normalized spacial score (nSPS) is 14.6. The van der Waals surface area contributed by atoms with E-state index in [1.807, 2.05) is 24.3 Å². The van der Waals surface area contributed by atoms with Gasteiger partial charge in [0.1, 0.15) is 16.5 Å². The summed E-state index contributed by atoms with van der Waals surface area (Å²) in [5, 5.41) is 3.11. The molecule has 0 atom stereocenters. The summed E-state index contributed by atoms with van der Waals surface area (Å²) in [4.78, 5) is 4.33. The minimum Gasteiger partial charge on any atom is -0.497 e. The summed E-state index contributed by atoms with van der Waals surface area (Å²) in [6.45, 7) is 0. The number of benzene rings is 1. The molecule has 0 spiro atoms. The second kappa shape index (κ2) is 5.94. The van der Waals surface area contributed by atoms with Crippen molar-refractivity contribution in [1.82, 2.24) is 9.71 Å². The number of rotatable bonds is 6. The molecule has 1 aliphatic rings. The number of hydrogen-bond acceptors (Lipinski definition) is 5. The van der Waals surface area contributed by atoms with Crippen molar-refractivity contribution in [3.05, 3.63) is 42.6 Å². The van der Waals surface area contributed by atoms with Crippen LogP contribution in [0.3, 0.4) is 0 Å². The fraction of sp³-hybridized carbons (Fsp3) is 0.267. The molecule has 7 heteroatoms. The van der Waals surface area contributed by atoms with Gasteiger partial charge in [-0.15, -0.1) is 0 Å². The van der Waals surface area contributed by atoms with Gasteiger partial charge in [-0.3, -0.25) is 0 Å². The van der Waals surface area contributed by atoms with Crippen LogP contribution in [0.2, 0.25) is 0 Å². The molecule has 116 valence electrons. The van der Waals surface area contributed by atoms with E-state index in [2.05, 4.69) is 15.0 Å². The highest BCUT2D eigenvalue weighted by atomic mass is 32.2. The number of pyridine rings is 1. The lowest BCUT2D eigenvalue weighted by molar-refractivity contribution is 0.415. The average Bonchev–Trinajstić information content (AvgIpc) is 3.32. The molecule has 0 bridgehead atoms. The molecule has 0 aliphatic heterocycles. The van der Waals surface area contributed by atoms with Gasteiger partial charge in [-0.25, -0.2) is 18.1 Å². The Hall–Kier alpha value is -2.12. The third-order valence-corrected chi connectivity index (χ3v) is 4.81. The molecule has 0 saturated heterocycles. The Morgan fingerprint density at radius 3 is 2.41 bits per heavy atom. The Kier molecular flexibility index (Phi) is 4.00. The Balaban J connectivity index is 1.70. The predicted octanol–water partition coefficient (Wildman–Crippen LogP) is 2.27. The van der Waals surface area contributed by atoms with E-state index >= 15 is 0 Å². The lowest BCUT2D eigenvalue weighted by Gasteiger charge is -2.08. The fourth-order valence-corrected chi connectivity index (χ4v) is 3.17. The Morgan fingerprint density at radius 1 is 1.14 bits per heavy atom. The van der Waals surface area contributed by atoms with Crippen molar-refractivity contribution in [2.75, 3.05) is 12.4 Å². The molecule has 22 heavy (non-hydrogen) atoms. The highest BCUT2D eigenvalue weighted by Gasteiger charge is 2.28. The third kappa shape index (κ3) is 3.55. The van der Waals surface area contributed by atoms with Crippen LogP contribution in [0.15, 0.2) is 47.5 Å². The van der Waals surface area contributed by atoms with Crippen LogP contribution >= 0.6 is 0 Å². The molecule has 2 aromatic rings. The van der Waals surface area contributed by atoms with Gasteiger partial charge in [0, 0.05) is 17.9 Å². The van der Waals surface area contributed by atoms with Crippen molar-refractivity contribution >= 4 is 21.5 Å². The zero-order valence-electron chi connectivity index (χ0n) is 12.1. The van der Waals surface area contributed by atoms with Crippen LogP contribution in [-0.2, 0) is 10.0 Å². The van der Waals surface area contributed by atoms with E-state index in [0.717, 1.165) is 24.3 Å². The molecule has 1 saturated carbocycles. The summed E-state index contributed by atoms with van der Waals surface area (Å²) in [5.74, 6) is 1.35. The van der Waals surface area contributed by atoms with Crippen molar-refractivity contribution in [3.8, 4) is 5.75 Å². The monoisotopic (exact) mass is 319 g/mol. The number of aromatic nitrogens is 1. The number of methoxy groups -OCH3 is 1. The van der Waals surface area contributed by atoms with Gasteiger partial charge in [-0.05, 0) is 49.2 Å². The second-order valence-corrected chi connectivity index (χ2v) is 6.84. The standard InChI is InChI=1S/C15H17N3O3S/c1-21-13-6-4-11(5-7-13)17-15-9-8-14(10-16-15)22(19,20)18-12-2-3-12/h4-10,12,18H,2-3H2,1H3,(H,16,17). The maximum Gasteiger partial charge on any atom is 0.242 e. The van der Waals surface area contributed by atoms with Crippen LogP contribution in [0.1, 0.15) is 12.8 Å². The summed E-state index contributed by atoms with van der Waals surface area (Å²) in [6, 6.07) is 10.7. The minimum atomic E-state index is -3.45. The quantitative estimate of drug-likeness (QED) is 0.854. The molecular formula is C15H17N3O3S. The molecule has 1 aromatic carbocycles. The van der Waals surface area contributed by atoms with Crippen molar-refractivity contribution < 1.29 is 13.2 Å². The van der Waals surface area contributed by atoms with Gasteiger partial charge in [0.15, 0.2) is 0 Å². The number of ether oxygens (including phenoxy) is 1. The second-order valence-electron chi connectivity index (χ2n) is 5.13. The van der Waals surface area contributed by atoms with Crippen molar-refractivity contribution in [2.45, 2.75) is 23.8 Å². The predicted molar refractivity (Wildman–Crippen MR) is 83.9 cm³/mol. The van der Waals surface area contributed by atoms with Gasteiger partial charge >= 0.3 is 0 Å². The van der Waals surface area contributed by atoms with Crippen LogP contribution in [0.25, 0.3) is 0 Å². The van der Waals surface area contributed by atoms with Gasteiger partial charge in [-0.2, -0.15) is 0 Å². The average molecular weight is 319 g/mol. The largest absolute Gasteiger partial charge is 0.497 e. The third-order valence-electron chi connectivity index (χ3n) is 3.31. The van der Waals surface area contributed by atoms with Gasteiger partial charge in [0.05, 0.1) is 7.11 Å². The van der Waals surface area contributed by atoms with E-state index in [1.54, 1.807) is 19.2 Å². The highest BCUT2D eigenvalue weighted by molar-refractivity contribution is 7.89. The maximum atomic E-state index is 12.0. The maximum absolute atomic E-state index is 12.0. The molecular weight excluding hydrogens is 302 g/mol. The van der Waals surface area contributed by atoms with Crippen molar-refractivity contribution in [3.63, 3.8) is 0 Å². The van der Waals surface area contributed by atoms with Gasteiger partial charge in [0.25, 0.3) is 0 Å². The van der Waals surface area contributed by atoms with E-state index in [-0.39, 0.29) is 10.9 Å². The molecule has 1 aromatic heterocycles. The van der Waals surface area contributed by atoms with Crippen LogP contribution in [-0.4, -0.2) is 26.6 Å². The molecule has 3 rings (SSSR count). The van der Waals surface area contributed by atoms with E-state index in [4.69, 9.17) is 4.74 Å². The van der Waals surface area contributed by atoms with Crippen molar-refractivity contribution in [1.29, 1.82) is 0 Å². The Bertz CT molecular complexity index is 739. The smallest absolute Gasteiger partial charge is 0.242 e. The first-order chi connectivity index (χ1) is 10.6. The van der Waals surface area contributed by atoms with E-state index in [0.29, 0.717) is 5.82 Å². The van der Waals surface area contributed by atoms with Crippen LogP contribution in [0.5, 0.6) is 5.75 Å². The fourth-order valence-electron chi connectivity index (χ4n) is 1.92. The van der Waals surface area contributed by atoms with Crippen LogP contribution in [0.4, 0.5) is 11.5 Å². The number of nitrogens with one attached hydrogen (secondary N) is 2. The summed E-state index contributed by atoms with van der Waals surface area (Å²) in [7, 11) is -1.84. The number of hydrogen-bond donors (Lipinski definition) is 2. The molecule has 0 unspecified atom stereocenters. The SMILES string of the molecule is COc1ccc(Nc2ccc(S(=O)(=O)NC3CC3)cn2)cc1. The number of sulfonamides is 1. The topological polar surface area (TPSA) is 80.3 Å². The first kappa shape index (κ1) is 14.8. The van der Waals surface area contributed by atoms with E-state index in [1.165, 1.54) is 6.20 Å². The zero-order valence-corrected chi connectivity index (χ0v) is 12.9. The molecule has 1 heterocycles. The number of anilines is 2. The Labute approximate surface area is 129 Å². The van der Waals surface area contributed by atoms with Gasteiger partial charge in [0.2, 0.25) is 10.0 Å². The summed E-state index contributed by atoms with van der Waals surface area (Å²) in [6.07, 6.45) is 3.17. The summed E-state index contributed by atoms with van der Waals surface area (Å²) >= 11 is 0. The molecule has 1 fully saturated rings. The summed E-state index contributed by atoms with van der Waals surface area (Å²) in [5.41, 5.74) is 0.847. The molecule has 2 N–H and O–H groups in total. The van der Waals surface area contributed by atoms with Gasteiger partial charge < -0.3 is 10.1 Å². The number of nitrogens with zero attached hydrogens (tertiary/aromatic N) is 1. The first-order valence-electron chi connectivity index (χ1n) is 6.96. The summed E-state index contributed by atoms with van der Waals surface area (Å²) < 4.78 is 31.8. The molecule has 0 radical (unpaired) electrons. The molecule has 1 aliphatic carbocycles. The highest BCUT2D eigenvalue weighted by Crippen LogP contribution is 2.23. The Morgan fingerprint density at radius 2 is 1.86 bits per heavy atom. The van der Waals surface area contributed by atoms with Crippen LogP contribution < -0.4 is 14.8 Å². The minimum absolute atomic E-state index is 0.0853. The van der Waals surface area contributed by atoms with Crippen LogP contribution in [0, 0.1) is 0 Å². The lowest BCUT2D eigenvalue weighted by Crippen LogP contribution is -2.25. The zero-order chi connectivity index (χ0) is 15.6. The molecule has 6 nitrogen and oxygen atoms in total. The first-order valence-corrected chi connectivity index (χ1v) is 8.44. The van der Waals surface area contributed by atoms with Crippen molar-refractivity contribution in [2.24, 2.45) is 0 Å². The van der Waals surface area contributed by atoms with E-state index < -0.39 is 10.0 Å². The van der Waals surface area contributed by atoms with Gasteiger partial charge in [-0.1, -0.05) is 0 Å². The molecule has 0 amide bonds. The lowest BCUT2D eigenvalue weighted by atomic mass is 10.3. The van der Waals surface area contributed by atoms with E-state index in [9.17, 15) is 8.42 Å².